The molecule has 0 spiro atoms. The van der Waals surface area contributed by atoms with E-state index in [1.165, 1.54) is 23.1 Å². The number of hydrogen-bond donors (Lipinski definition) is 1. The summed E-state index contributed by atoms with van der Waals surface area (Å²) < 4.78 is 5.98. The fourth-order valence-electron chi connectivity index (χ4n) is 5.70. The molecule has 0 heterocycles. The Hall–Kier alpha value is -2.56. The van der Waals surface area contributed by atoms with Crippen LogP contribution in [0.25, 0.3) is 0 Å². The van der Waals surface area contributed by atoms with Crippen molar-refractivity contribution in [2.24, 2.45) is 11.8 Å². The number of rotatable bonds is 11. The highest BCUT2D eigenvalue weighted by molar-refractivity contribution is 5.37. The first-order chi connectivity index (χ1) is 17.1. The van der Waals surface area contributed by atoms with Gasteiger partial charge >= 0.3 is 0 Å². The Morgan fingerprint density at radius 1 is 0.914 bits per heavy atom. The summed E-state index contributed by atoms with van der Waals surface area (Å²) in [5.41, 5.74) is 4.05. The van der Waals surface area contributed by atoms with Crippen molar-refractivity contribution in [2.45, 2.75) is 52.6 Å². The largest absolute Gasteiger partial charge is 0.508 e. The van der Waals surface area contributed by atoms with Crippen LogP contribution < -0.4 is 4.74 Å². The molecular weight excluding hydrogens is 432 g/mol. The number of phenols is 1. The van der Waals surface area contributed by atoms with Crippen molar-refractivity contribution >= 4 is 0 Å². The zero-order valence-corrected chi connectivity index (χ0v) is 21.7. The van der Waals surface area contributed by atoms with Crippen LogP contribution in [0.15, 0.2) is 66.8 Å². The summed E-state index contributed by atoms with van der Waals surface area (Å²) in [6, 6.07) is 15.0. The van der Waals surface area contributed by atoms with Gasteiger partial charge in [-0.25, -0.2) is 0 Å². The number of allylic oxidation sites excluding steroid dienone is 2. The molecule has 2 unspecified atom stereocenters. The van der Waals surface area contributed by atoms with E-state index in [1.807, 2.05) is 12.1 Å². The zero-order valence-electron chi connectivity index (χ0n) is 21.7. The lowest BCUT2D eigenvalue weighted by Crippen LogP contribution is -2.43. The van der Waals surface area contributed by atoms with Crippen LogP contribution in [-0.2, 0) is 19.4 Å². The van der Waals surface area contributed by atoms with Crippen molar-refractivity contribution in [3.8, 4) is 11.5 Å². The first kappa shape index (κ1) is 25.5. The molecule has 2 aliphatic rings. The van der Waals surface area contributed by atoms with E-state index >= 15 is 0 Å². The standard InChI is InChI=1S/C31H42N2O2/c1-4-32(5-2)19-20-35-29-17-11-24(12-18-29)23-33(6-3)31-10-8-7-9-30(31)27-14-13-26-22-28(34)16-15-25(26)21-27/h7-12,15-18,22,27,30-31,34H,4-6,13-14,19-21,23H2,1-3H3/t27-,30?,31?/m1/s1. The summed E-state index contributed by atoms with van der Waals surface area (Å²) in [6.07, 6.45) is 12.6. The number of benzene rings is 2. The van der Waals surface area contributed by atoms with E-state index in [-0.39, 0.29) is 0 Å². The maximum atomic E-state index is 9.86. The SMILES string of the molecule is CCN(CC)CCOc1ccc(CN(CC)C2C=CC=CC2[C@@H]2CCc3cc(O)ccc3C2)cc1. The van der Waals surface area contributed by atoms with Crippen LogP contribution in [-0.4, -0.2) is 53.7 Å². The smallest absolute Gasteiger partial charge is 0.119 e. The van der Waals surface area contributed by atoms with Gasteiger partial charge in [-0.05, 0) is 91.7 Å². The second kappa shape index (κ2) is 12.4. The second-order valence-electron chi connectivity index (χ2n) is 9.88. The summed E-state index contributed by atoms with van der Waals surface area (Å²) in [6.45, 7) is 12.4. The molecular formula is C31H42N2O2. The minimum atomic E-state index is 0.387. The fraction of sp³-hybridized carbons (Fsp3) is 0.484. The van der Waals surface area contributed by atoms with Crippen molar-refractivity contribution in [3.05, 3.63) is 83.5 Å². The Kier molecular flexibility index (Phi) is 9.06. The molecule has 0 aliphatic heterocycles. The summed E-state index contributed by atoms with van der Waals surface area (Å²) in [4.78, 5) is 4.98. The highest BCUT2D eigenvalue weighted by atomic mass is 16.5. The molecule has 2 aromatic rings. The third-order valence-corrected chi connectivity index (χ3v) is 7.86. The van der Waals surface area contributed by atoms with Gasteiger partial charge in [-0.15, -0.1) is 0 Å². The van der Waals surface area contributed by atoms with Crippen molar-refractivity contribution in [2.75, 3.05) is 32.8 Å². The van der Waals surface area contributed by atoms with E-state index in [1.54, 1.807) is 0 Å². The van der Waals surface area contributed by atoms with Crippen LogP contribution in [0.5, 0.6) is 11.5 Å². The molecule has 4 heteroatoms. The number of aromatic hydroxyl groups is 1. The van der Waals surface area contributed by atoms with Gasteiger partial charge in [0.15, 0.2) is 0 Å². The van der Waals surface area contributed by atoms with E-state index in [9.17, 15) is 5.11 Å². The average molecular weight is 475 g/mol. The summed E-state index contributed by atoms with van der Waals surface area (Å²) in [5.74, 6) is 2.46. The average Bonchev–Trinajstić information content (AvgIpc) is 2.90. The van der Waals surface area contributed by atoms with Crippen LogP contribution in [0.3, 0.4) is 0 Å². The monoisotopic (exact) mass is 474 g/mol. The number of hydrogen-bond acceptors (Lipinski definition) is 4. The molecule has 3 atom stereocenters. The van der Waals surface area contributed by atoms with Gasteiger partial charge in [0.05, 0.1) is 0 Å². The molecule has 0 fully saturated rings. The molecule has 0 amide bonds. The predicted octanol–water partition coefficient (Wildman–Crippen LogP) is 5.85. The molecule has 2 aromatic carbocycles. The number of likely N-dealkylation sites (N-methyl/N-ethyl adjacent to an activating group) is 2. The maximum Gasteiger partial charge on any atom is 0.119 e. The van der Waals surface area contributed by atoms with Crippen LogP contribution in [0.2, 0.25) is 0 Å². The Balaban J connectivity index is 1.38. The normalized spacial score (nSPS) is 21.5. The molecule has 35 heavy (non-hydrogen) atoms. The van der Waals surface area contributed by atoms with Gasteiger partial charge < -0.3 is 14.7 Å². The van der Waals surface area contributed by atoms with Gasteiger partial charge in [0, 0.05) is 19.1 Å². The first-order valence-electron chi connectivity index (χ1n) is 13.4. The zero-order chi connectivity index (χ0) is 24.6. The molecule has 2 aliphatic carbocycles. The fourth-order valence-corrected chi connectivity index (χ4v) is 5.70. The van der Waals surface area contributed by atoms with E-state index in [2.05, 4.69) is 85.2 Å². The lowest BCUT2D eigenvalue weighted by atomic mass is 9.73. The lowest BCUT2D eigenvalue weighted by molar-refractivity contribution is 0.154. The van der Waals surface area contributed by atoms with Crippen molar-refractivity contribution < 1.29 is 9.84 Å². The predicted molar refractivity (Wildman–Crippen MR) is 145 cm³/mol. The van der Waals surface area contributed by atoms with E-state index in [0.29, 0.717) is 23.6 Å². The minimum absolute atomic E-state index is 0.387. The number of nitrogens with zero attached hydrogens (tertiary/aromatic N) is 2. The number of phenolic OH excluding ortho intramolecular Hbond substituents is 1. The minimum Gasteiger partial charge on any atom is -0.508 e. The number of fused-ring (bicyclic) bond motifs is 1. The third-order valence-electron chi connectivity index (χ3n) is 7.86. The van der Waals surface area contributed by atoms with Crippen LogP contribution in [0.4, 0.5) is 0 Å². The summed E-state index contributed by atoms with van der Waals surface area (Å²) >= 11 is 0. The summed E-state index contributed by atoms with van der Waals surface area (Å²) in [7, 11) is 0. The highest BCUT2D eigenvalue weighted by Crippen LogP contribution is 2.37. The van der Waals surface area contributed by atoms with E-state index in [0.717, 1.165) is 57.9 Å². The molecule has 0 bridgehead atoms. The molecule has 0 saturated heterocycles. The molecule has 4 rings (SSSR count). The Morgan fingerprint density at radius 3 is 2.43 bits per heavy atom. The second-order valence-corrected chi connectivity index (χ2v) is 9.88. The van der Waals surface area contributed by atoms with Crippen LogP contribution in [0, 0.1) is 11.8 Å². The Labute approximate surface area is 211 Å². The lowest BCUT2D eigenvalue weighted by Gasteiger charge is -2.40. The van der Waals surface area contributed by atoms with E-state index < -0.39 is 0 Å². The molecule has 1 N–H and O–H groups in total. The topological polar surface area (TPSA) is 35.9 Å². The van der Waals surface area contributed by atoms with E-state index in [4.69, 9.17) is 4.74 Å². The number of ether oxygens (including phenoxy) is 1. The van der Waals surface area contributed by atoms with Gasteiger partial charge in [-0.1, -0.05) is 63.3 Å². The van der Waals surface area contributed by atoms with Gasteiger partial charge in [-0.2, -0.15) is 0 Å². The maximum absolute atomic E-state index is 9.86. The van der Waals surface area contributed by atoms with Gasteiger partial charge in [-0.3, -0.25) is 4.90 Å². The quantitative estimate of drug-likeness (QED) is 0.443. The van der Waals surface area contributed by atoms with Gasteiger partial charge in [0.1, 0.15) is 18.1 Å². The molecule has 4 nitrogen and oxygen atoms in total. The molecule has 0 saturated carbocycles. The first-order valence-corrected chi connectivity index (χ1v) is 13.4. The van der Waals surface area contributed by atoms with Gasteiger partial charge in [0.25, 0.3) is 0 Å². The Morgan fingerprint density at radius 2 is 1.69 bits per heavy atom. The van der Waals surface area contributed by atoms with Crippen molar-refractivity contribution in [1.29, 1.82) is 0 Å². The third kappa shape index (κ3) is 6.56. The molecule has 0 aromatic heterocycles. The molecule has 0 radical (unpaired) electrons. The van der Waals surface area contributed by atoms with Crippen LogP contribution >= 0.6 is 0 Å². The number of aryl methyl sites for hydroxylation is 1. The highest BCUT2D eigenvalue weighted by Gasteiger charge is 2.33. The van der Waals surface area contributed by atoms with Gasteiger partial charge in [0.2, 0.25) is 0 Å². The summed E-state index contributed by atoms with van der Waals surface area (Å²) in [5, 5.41) is 9.86. The van der Waals surface area contributed by atoms with Crippen molar-refractivity contribution in [3.63, 3.8) is 0 Å². The molecule has 188 valence electrons. The van der Waals surface area contributed by atoms with Crippen LogP contribution in [0.1, 0.15) is 43.9 Å². The Bertz CT molecular complexity index is 994. The van der Waals surface area contributed by atoms with Crippen molar-refractivity contribution in [1.82, 2.24) is 9.80 Å².